The number of nitrogens with one attached hydrogen (secondary N) is 2. The van der Waals surface area contributed by atoms with Gasteiger partial charge in [0.05, 0.1) is 31.4 Å². The van der Waals surface area contributed by atoms with Gasteiger partial charge in [0.1, 0.15) is 5.75 Å². The predicted octanol–water partition coefficient (Wildman–Crippen LogP) is 3.11. The van der Waals surface area contributed by atoms with E-state index < -0.39 is 0 Å². The summed E-state index contributed by atoms with van der Waals surface area (Å²) in [5.41, 5.74) is 1.03. The van der Waals surface area contributed by atoms with Gasteiger partial charge in [-0.1, -0.05) is 17.7 Å². The lowest BCUT2D eigenvalue weighted by molar-refractivity contribution is 0.0992. The Bertz CT molecular complexity index is 594. The summed E-state index contributed by atoms with van der Waals surface area (Å²) >= 11 is 6.06. The molecule has 2 fully saturated rings. The highest BCUT2D eigenvalue weighted by molar-refractivity contribution is 6.30. The van der Waals surface area contributed by atoms with Crippen molar-refractivity contribution in [1.29, 1.82) is 0 Å². The highest BCUT2D eigenvalue weighted by atomic mass is 35.5. The summed E-state index contributed by atoms with van der Waals surface area (Å²) in [7, 11) is 0. The van der Waals surface area contributed by atoms with E-state index >= 15 is 0 Å². The van der Waals surface area contributed by atoms with Crippen LogP contribution in [0.2, 0.25) is 5.02 Å². The minimum Gasteiger partial charge on any atom is -0.493 e. The number of rotatable bonds is 6. The fourth-order valence-corrected chi connectivity index (χ4v) is 3.56. The quantitative estimate of drug-likeness (QED) is 0.610. The number of fused-ring (bicyclic) bond motifs is 2. The Hall–Kier alpha value is -1.46. The fourth-order valence-electron chi connectivity index (χ4n) is 3.40. The van der Waals surface area contributed by atoms with Crippen molar-refractivity contribution in [2.45, 2.75) is 57.9 Å². The summed E-state index contributed by atoms with van der Waals surface area (Å²) in [5, 5.41) is 7.52. The van der Waals surface area contributed by atoms with E-state index in [9.17, 15) is 0 Å². The van der Waals surface area contributed by atoms with Crippen LogP contribution >= 0.6 is 11.6 Å². The van der Waals surface area contributed by atoms with Gasteiger partial charge in [0, 0.05) is 17.1 Å². The van der Waals surface area contributed by atoms with E-state index in [4.69, 9.17) is 26.1 Å². The molecule has 3 rings (SSSR count). The van der Waals surface area contributed by atoms with Crippen LogP contribution in [0.15, 0.2) is 23.2 Å². The molecule has 2 heterocycles. The average Bonchev–Trinajstić information content (AvgIpc) is 3.17. The predicted molar refractivity (Wildman–Crippen MR) is 96.9 cm³/mol. The van der Waals surface area contributed by atoms with Gasteiger partial charge in [0.15, 0.2) is 5.96 Å². The first-order chi connectivity index (χ1) is 11.7. The molecule has 0 amide bonds. The Labute approximate surface area is 148 Å². The molecular weight excluding hydrogens is 326 g/mol. The summed E-state index contributed by atoms with van der Waals surface area (Å²) < 4.78 is 11.6. The molecule has 5 nitrogen and oxygen atoms in total. The van der Waals surface area contributed by atoms with Crippen molar-refractivity contribution in [3.8, 4) is 5.75 Å². The molecule has 0 saturated carbocycles. The molecule has 0 spiro atoms. The number of hydrogen-bond donors (Lipinski definition) is 2. The summed E-state index contributed by atoms with van der Waals surface area (Å²) in [6, 6.07) is 6.05. The number of aliphatic imine (C=N–C) groups is 1. The molecule has 2 N–H and O–H groups in total. The van der Waals surface area contributed by atoms with E-state index in [1.807, 2.05) is 25.1 Å². The molecule has 2 bridgehead atoms. The molecule has 6 heteroatoms. The molecule has 1 aromatic rings. The molecule has 132 valence electrons. The van der Waals surface area contributed by atoms with Gasteiger partial charge >= 0.3 is 0 Å². The molecule has 0 radical (unpaired) electrons. The third-order valence-corrected chi connectivity index (χ3v) is 4.74. The minimum atomic E-state index is 0.327. The molecular formula is C18H26ClN3O2. The van der Waals surface area contributed by atoms with E-state index in [0.717, 1.165) is 36.7 Å². The van der Waals surface area contributed by atoms with Gasteiger partial charge in [-0.2, -0.15) is 0 Å². The average molecular weight is 352 g/mol. The minimum absolute atomic E-state index is 0.327. The number of benzene rings is 1. The van der Waals surface area contributed by atoms with Crippen molar-refractivity contribution in [3.63, 3.8) is 0 Å². The Kier molecular flexibility index (Phi) is 5.85. The molecule has 0 aromatic heterocycles. The van der Waals surface area contributed by atoms with Gasteiger partial charge < -0.3 is 20.1 Å². The second-order valence-corrected chi connectivity index (χ2v) is 6.68. The highest BCUT2D eigenvalue weighted by Crippen LogP contribution is 2.34. The van der Waals surface area contributed by atoms with E-state index in [0.29, 0.717) is 36.4 Å². The first kappa shape index (κ1) is 17.4. The summed E-state index contributed by atoms with van der Waals surface area (Å²) in [5.74, 6) is 1.63. The molecule has 3 unspecified atom stereocenters. The van der Waals surface area contributed by atoms with Gasteiger partial charge in [-0.05, 0) is 45.2 Å². The second-order valence-electron chi connectivity index (χ2n) is 6.24. The van der Waals surface area contributed by atoms with Crippen LogP contribution in [0.25, 0.3) is 0 Å². The van der Waals surface area contributed by atoms with Crippen LogP contribution in [0, 0.1) is 0 Å². The largest absolute Gasteiger partial charge is 0.493 e. The van der Waals surface area contributed by atoms with Crippen LogP contribution in [0.3, 0.4) is 0 Å². The molecule has 2 saturated heterocycles. The molecule has 3 atom stereocenters. The number of nitrogens with zero attached hydrogens (tertiary/aromatic N) is 1. The number of ether oxygens (including phenoxy) is 2. The summed E-state index contributed by atoms with van der Waals surface area (Å²) in [6.45, 7) is 6.02. The van der Waals surface area contributed by atoms with Crippen LogP contribution in [0.5, 0.6) is 5.75 Å². The SMILES string of the molecule is CCNC(=NCc1ccc(Cl)cc1OCC)NC1CC2CCC1O2. The van der Waals surface area contributed by atoms with E-state index in [1.54, 1.807) is 0 Å². The summed E-state index contributed by atoms with van der Waals surface area (Å²) in [6.07, 6.45) is 4.16. The Morgan fingerprint density at radius 2 is 2.25 bits per heavy atom. The normalized spacial score (nSPS) is 25.8. The molecule has 0 aliphatic carbocycles. The van der Waals surface area contributed by atoms with Gasteiger partial charge in [-0.15, -0.1) is 0 Å². The van der Waals surface area contributed by atoms with Gasteiger partial charge in [0.2, 0.25) is 0 Å². The van der Waals surface area contributed by atoms with E-state index in [-0.39, 0.29) is 0 Å². The third kappa shape index (κ3) is 4.14. The number of guanidine groups is 1. The van der Waals surface area contributed by atoms with Crippen molar-refractivity contribution >= 4 is 17.6 Å². The Balaban J connectivity index is 1.67. The standard InChI is InChI=1S/C18H26ClN3O2/c1-3-20-18(22-15-10-14-7-8-16(15)24-14)21-11-12-5-6-13(19)9-17(12)23-4-2/h5-6,9,14-16H,3-4,7-8,10-11H2,1-2H3,(H2,20,21,22). The van der Waals surface area contributed by atoms with Crippen LogP contribution in [-0.4, -0.2) is 37.4 Å². The summed E-state index contributed by atoms with van der Waals surface area (Å²) in [4.78, 5) is 4.72. The van der Waals surface area contributed by atoms with Crippen LogP contribution in [0.1, 0.15) is 38.7 Å². The number of halogens is 1. The van der Waals surface area contributed by atoms with Crippen LogP contribution in [0.4, 0.5) is 0 Å². The lowest BCUT2D eigenvalue weighted by atomic mass is 9.96. The molecule has 24 heavy (non-hydrogen) atoms. The maximum Gasteiger partial charge on any atom is 0.191 e. The first-order valence-corrected chi connectivity index (χ1v) is 9.19. The lowest BCUT2D eigenvalue weighted by Gasteiger charge is -2.22. The molecule has 1 aromatic carbocycles. The Morgan fingerprint density at radius 3 is 2.92 bits per heavy atom. The van der Waals surface area contributed by atoms with Crippen molar-refractivity contribution in [3.05, 3.63) is 28.8 Å². The maximum atomic E-state index is 6.06. The van der Waals surface area contributed by atoms with Crippen molar-refractivity contribution in [1.82, 2.24) is 10.6 Å². The maximum absolute atomic E-state index is 6.06. The third-order valence-electron chi connectivity index (χ3n) is 4.51. The zero-order valence-corrected chi connectivity index (χ0v) is 15.1. The zero-order chi connectivity index (χ0) is 16.9. The van der Waals surface area contributed by atoms with E-state index in [1.165, 1.54) is 6.42 Å². The van der Waals surface area contributed by atoms with E-state index in [2.05, 4.69) is 17.6 Å². The Morgan fingerprint density at radius 1 is 1.38 bits per heavy atom. The van der Waals surface area contributed by atoms with Crippen LogP contribution in [-0.2, 0) is 11.3 Å². The first-order valence-electron chi connectivity index (χ1n) is 8.81. The lowest BCUT2D eigenvalue weighted by Crippen LogP contribution is -2.47. The van der Waals surface area contributed by atoms with Gasteiger partial charge in [-0.25, -0.2) is 4.99 Å². The van der Waals surface area contributed by atoms with Crippen LogP contribution < -0.4 is 15.4 Å². The highest BCUT2D eigenvalue weighted by Gasteiger charge is 2.41. The van der Waals surface area contributed by atoms with Crippen molar-refractivity contribution in [2.75, 3.05) is 13.2 Å². The van der Waals surface area contributed by atoms with Gasteiger partial charge in [-0.3, -0.25) is 0 Å². The van der Waals surface area contributed by atoms with Gasteiger partial charge in [0.25, 0.3) is 0 Å². The topological polar surface area (TPSA) is 54.9 Å². The monoisotopic (exact) mass is 351 g/mol. The van der Waals surface area contributed by atoms with Crippen molar-refractivity contribution < 1.29 is 9.47 Å². The second kappa shape index (κ2) is 8.08. The fraction of sp³-hybridized carbons (Fsp3) is 0.611. The van der Waals surface area contributed by atoms with Crippen molar-refractivity contribution in [2.24, 2.45) is 4.99 Å². The number of hydrogen-bond acceptors (Lipinski definition) is 3. The zero-order valence-electron chi connectivity index (χ0n) is 14.3. The molecule has 2 aliphatic rings. The smallest absolute Gasteiger partial charge is 0.191 e. The molecule has 2 aliphatic heterocycles.